The molecule has 2 rings (SSSR count). The smallest absolute Gasteiger partial charge is 0.219 e. The molecule has 0 saturated heterocycles. The molecule has 0 aliphatic heterocycles. The molecule has 1 N–H and O–H groups in total. The fraction of sp³-hybridized carbons (Fsp3) is 0.312. The van der Waals surface area contributed by atoms with E-state index in [1.807, 2.05) is 19.1 Å². The minimum atomic E-state index is -0.397. The first-order valence-electron chi connectivity index (χ1n) is 6.78. The summed E-state index contributed by atoms with van der Waals surface area (Å²) in [7, 11) is 0. The molecule has 0 bridgehead atoms. The molecule has 0 fully saturated rings. The molecule has 2 aromatic rings. The molecule has 1 aromatic carbocycles. The second-order valence-electron chi connectivity index (χ2n) is 5.17. The molecule has 112 valence electrons. The molecule has 0 saturated carbocycles. The van der Waals surface area contributed by atoms with Crippen LogP contribution in [0, 0.1) is 12.7 Å². The molecule has 0 spiro atoms. The SMILES string of the molecule is Cc1cc(CNC(C)C)cc(Oc2ccc(F)cc2Cl)n1. The zero-order chi connectivity index (χ0) is 15.4. The number of pyridine rings is 1. The van der Waals surface area contributed by atoms with Gasteiger partial charge in [-0.15, -0.1) is 0 Å². The first kappa shape index (κ1) is 15.7. The number of hydrogen-bond donors (Lipinski definition) is 1. The van der Waals surface area contributed by atoms with Crippen molar-refractivity contribution in [2.45, 2.75) is 33.4 Å². The fourth-order valence-corrected chi connectivity index (χ4v) is 2.06. The molecule has 1 aromatic heterocycles. The van der Waals surface area contributed by atoms with E-state index >= 15 is 0 Å². The van der Waals surface area contributed by atoms with E-state index < -0.39 is 5.82 Å². The lowest BCUT2D eigenvalue weighted by Crippen LogP contribution is -2.21. The average molecular weight is 309 g/mol. The van der Waals surface area contributed by atoms with E-state index in [9.17, 15) is 4.39 Å². The number of ether oxygens (including phenoxy) is 1. The zero-order valence-corrected chi connectivity index (χ0v) is 13.0. The normalized spacial score (nSPS) is 11.0. The number of benzene rings is 1. The molecule has 5 heteroatoms. The maximum atomic E-state index is 13.0. The van der Waals surface area contributed by atoms with Crippen LogP contribution in [0.2, 0.25) is 5.02 Å². The molecule has 1 heterocycles. The van der Waals surface area contributed by atoms with Gasteiger partial charge >= 0.3 is 0 Å². The van der Waals surface area contributed by atoms with Gasteiger partial charge in [-0.3, -0.25) is 0 Å². The Morgan fingerprint density at radius 3 is 2.71 bits per heavy atom. The van der Waals surface area contributed by atoms with E-state index in [2.05, 4.69) is 24.1 Å². The van der Waals surface area contributed by atoms with Crippen molar-refractivity contribution in [1.82, 2.24) is 10.3 Å². The zero-order valence-electron chi connectivity index (χ0n) is 12.3. The van der Waals surface area contributed by atoms with E-state index in [0.29, 0.717) is 17.7 Å². The van der Waals surface area contributed by atoms with Gasteiger partial charge in [-0.05, 0) is 36.8 Å². The predicted octanol–water partition coefficient (Wildman–Crippen LogP) is 4.47. The summed E-state index contributed by atoms with van der Waals surface area (Å²) in [6.07, 6.45) is 0. The molecule has 0 unspecified atom stereocenters. The third kappa shape index (κ3) is 4.69. The van der Waals surface area contributed by atoms with Crippen molar-refractivity contribution < 1.29 is 9.13 Å². The predicted molar refractivity (Wildman–Crippen MR) is 82.4 cm³/mol. The summed E-state index contributed by atoms with van der Waals surface area (Å²) in [5.74, 6) is 0.439. The van der Waals surface area contributed by atoms with Gasteiger partial charge in [0.2, 0.25) is 5.88 Å². The summed E-state index contributed by atoms with van der Waals surface area (Å²) in [4.78, 5) is 4.32. The van der Waals surface area contributed by atoms with Crippen LogP contribution in [0.5, 0.6) is 11.6 Å². The highest BCUT2D eigenvalue weighted by Gasteiger charge is 2.07. The van der Waals surface area contributed by atoms with Crippen molar-refractivity contribution in [2.24, 2.45) is 0 Å². The summed E-state index contributed by atoms with van der Waals surface area (Å²) in [6, 6.07) is 8.26. The first-order valence-corrected chi connectivity index (χ1v) is 7.15. The van der Waals surface area contributed by atoms with Crippen LogP contribution < -0.4 is 10.1 Å². The highest BCUT2D eigenvalue weighted by atomic mass is 35.5. The number of nitrogens with zero attached hydrogens (tertiary/aromatic N) is 1. The summed E-state index contributed by atoms with van der Waals surface area (Å²) in [5.41, 5.74) is 1.93. The highest BCUT2D eigenvalue weighted by Crippen LogP contribution is 2.29. The number of hydrogen-bond acceptors (Lipinski definition) is 3. The van der Waals surface area contributed by atoms with Crippen LogP contribution >= 0.6 is 11.6 Å². The summed E-state index contributed by atoms with van der Waals surface area (Å²) < 4.78 is 18.7. The van der Waals surface area contributed by atoms with Crippen LogP contribution in [0.3, 0.4) is 0 Å². The monoisotopic (exact) mass is 308 g/mol. The lowest BCUT2D eigenvalue weighted by Gasteiger charge is -2.11. The van der Waals surface area contributed by atoms with Gasteiger partial charge in [-0.2, -0.15) is 0 Å². The lowest BCUT2D eigenvalue weighted by molar-refractivity contribution is 0.458. The van der Waals surface area contributed by atoms with Crippen molar-refractivity contribution >= 4 is 11.6 Å². The average Bonchev–Trinajstić information content (AvgIpc) is 2.39. The molecule has 0 amide bonds. The van der Waals surface area contributed by atoms with Gasteiger partial charge in [-0.1, -0.05) is 25.4 Å². The Hall–Kier alpha value is -1.65. The van der Waals surface area contributed by atoms with Gasteiger partial charge in [0.05, 0.1) is 5.02 Å². The molecular weight excluding hydrogens is 291 g/mol. The molecule has 0 aliphatic rings. The Morgan fingerprint density at radius 1 is 1.29 bits per heavy atom. The first-order chi connectivity index (χ1) is 9.94. The quantitative estimate of drug-likeness (QED) is 0.884. The number of aromatic nitrogens is 1. The van der Waals surface area contributed by atoms with Crippen LogP contribution in [0.4, 0.5) is 4.39 Å². The van der Waals surface area contributed by atoms with Gasteiger partial charge in [0.15, 0.2) is 0 Å². The van der Waals surface area contributed by atoms with Gasteiger partial charge in [0.25, 0.3) is 0 Å². The second kappa shape index (κ2) is 6.87. The van der Waals surface area contributed by atoms with Crippen molar-refractivity contribution in [1.29, 1.82) is 0 Å². The Balaban J connectivity index is 2.19. The molecule has 0 atom stereocenters. The Kier molecular flexibility index (Phi) is 5.15. The lowest BCUT2D eigenvalue weighted by atomic mass is 10.2. The molecule has 3 nitrogen and oxygen atoms in total. The maximum Gasteiger partial charge on any atom is 0.219 e. The van der Waals surface area contributed by atoms with Crippen LogP contribution in [0.1, 0.15) is 25.1 Å². The van der Waals surface area contributed by atoms with Crippen molar-refractivity contribution in [2.75, 3.05) is 0 Å². The van der Waals surface area contributed by atoms with Gasteiger partial charge < -0.3 is 10.1 Å². The van der Waals surface area contributed by atoms with Crippen molar-refractivity contribution in [3.8, 4) is 11.6 Å². The van der Waals surface area contributed by atoms with Gasteiger partial charge in [-0.25, -0.2) is 9.37 Å². The standard InChI is InChI=1S/C16H18ClFN2O/c1-10(2)19-9-12-6-11(3)20-16(7-12)21-15-5-4-13(18)8-14(15)17/h4-8,10,19H,9H2,1-3H3. The molecule has 0 aliphatic carbocycles. The number of rotatable bonds is 5. The third-order valence-electron chi connectivity index (χ3n) is 2.81. The van der Waals surface area contributed by atoms with Gasteiger partial charge in [0, 0.05) is 24.3 Å². The van der Waals surface area contributed by atoms with Crippen LogP contribution in [-0.4, -0.2) is 11.0 Å². The number of nitrogens with one attached hydrogen (secondary N) is 1. The number of halogens is 2. The van der Waals surface area contributed by atoms with Crippen LogP contribution in [0.25, 0.3) is 0 Å². The van der Waals surface area contributed by atoms with Crippen LogP contribution in [0.15, 0.2) is 30.3 Å². The fourth-order valence-electron chi connectivity index (χ4n) is 1.85. The number of aryl methyl sites for hydroxylation is 1. The minimum absolute atomic E-state index is 0.222. The largest absolute Gasteiger partial charge is 0.437 e. The van der Waals surface area contributed by atoms with E-state index in [4.69, 9.17) is 16.3 Å². The third-order valence-corrected chi connectivity index (χ3v) is 3.11. The van der Waals surface area contributed by atoms with Crippen molar-refractivity contribution in [3.05, 3.63) is 52.4 Å². The summed E-state index contributed by atoms with van der Waals surface area (Å²) in [6.45, 7) is 6.81. The Bertz CT molecular complexity index is 632. The topological polar surface area (TPSA) is 34.1 Å². The molecular formula is C16H18ClFN2O. The van der Waals surface area contributed by atoms with E-state index in [-0.39, 0.29) is 5.02 Å². The summed E-state index contributed by atoms with van der Waals surface area (Å²) >= 11 is 5.96. The van der Waals surface area contributed by atoms with Crippen LogP contribution in [-0.2, 0) is 6.54 Å². The van der Waals surface area contributed by atoms with E-state index in [0.717, 1.165) is 17.8 Å². The van der Waals surface area contributed by atoms with Gasteiger partial charge in [0.1, 0.15) is 11.6 Å². The van der Waals surface area contributed by atoms with E-state index in [1.165, 1.54) is 18.2 Å². The highest BCUT2D eigenvalue weighted by molar-refractivity contribution is 6.32. The molecule has 0 radical (unpaired) electrons. The second-order valence-corrected chi connectivity index (χ2v) is 5.57. The van der Waals surface area contributed by atoms with Crippen molar-refractivity contribution in [3.63, 3.8) is 0 Å². The Labute approximate surface area is 129 Å². The summed E-state index contributed by atoms with van der Waals surface area (Å²) in [5, 5.41) is 3.56. The molecule has 21 heavy (non-hydrogen) atoms. The minimum Gasteiger partial charge on any atom is -0.437 e. The van der Waals surface area contributed by atoms with E-state index in [1.54, 1.807) is 0 Å². The maximum absolute atomic E-state index is 13.0. The Morgan fingerprint density at radius 2 is 2.05 bits per heavy atom.